The Morgan fingerprint density at radius 1 is 1.50 bits per heavy atom. The van der Waals surface area contributed by atoms with Gasteiger partial charge in [-0.2, -0.15) is 0 Å². The van der Waals surface area contributed by atoms with Gasteiger partial charge in [0, 0.05) is 17.6 Å². The first-order valence-corrected chi connectivity index (χ1v) is 9.83. The van der Waals surface area contributed by atoms with Gasteiger partial charge in [0.25, 0.3) is 0 Å². The molecule has 0 saturated carbocycles. The van der Waals surface area contributed by atoms with Crippen molar-refractivity contribution < 1.29 is 4.79 Å². The van der Waals surface area contributed by atoms with E-state index in [4.69, 9.17) is 11.6 Å². The Bertz CT molecular complexity index is 673. The number of fused-ring (bicyclic) bond motifs is 1. The third kappa shape index (κ3) is 3.58. The van der Waals surface area contributed by atoms with Gasteiger partial charge in [0.2, 0.25) is 5.91 Å². The van der Waals surface area contributed by atoms with Gasteiger partial charge in [-0.1, -0.05) is 30.3 Å². The number of thioether (sulfide) groups is 1. The van der Waals surface area contributed by atoms with Crippen LogP contribution in [0.2, 0.25) is 5.02 Å². The van der Waals surface area contributed by atoms with Gasteiger partial charge in [-0.15, -0.1) is 11.3 Å². The highest BCUT2D eigenvalue weighted by Gasteiger charge is 2.25. The number of hydrogen-bond acceptors (Lipinski definition) is 4. The van der Waals surface area contributed by atoms with Gasteiger partial charge < -0.3 is 4.90 Å². The van der Waals surface area contributed by atoms with Gasteiger partial charge in [0.05, 0.1) is 16.0 Å². The molecule has 1 amide bonds. The van der Waals surface area contributed by atoms with Gasteiger partial charge in [-0.05, 0) is 43.9 Å². The van der Waals surface area contributed by atoms with Crippen molar-refractivity contribution in [1.29, 1.82) is 0 Å². The van der Waals surface area contributed by atoms with E-state index in [0.29, 0.717) is 16.8 Å². The lowest BCUT2D eigenvalue weighted by molar-refractivity contribution is -0.132. The molecule has 1 aromatic carbocycles. The molecule has 0 radical (unpaired) electrons. The quantitative estimate of drug-likeness (QED) is 0.737. The number of halogens is 1. The normalized spacial score (nSPS) is 18.8. The van der Waals surface area contributed by atoms with Crippen LogP contribution in [0, 0.1) is 0 Å². The Balaban J connectivity index is 1.64. The smallest absolute Gasteiger partial charge is 0.233 e. The average molecular weight is 355 g/mol. The second-order valence-corrected chi connectivity index (χ2v) is 8.22. The molecular weight excluding hydrogens is 336 g/mol. The number of aromatic nitrogens is 1. The molecule has 1 atom stereocenters. The molecule has 2 heterocycles. The first-order valence-electron chi connectivity index (χ1n) is 7.65. The SMILES string of the molecule is CC[C@@H]1CCCCN1C(=O)CSc1nc2cc(Cl)ccc2s1. The van der Waals surface area contributed by atoms with Crippen LogP contribution in [-0.2, 0) is 4.79 Å². The summed E-state index contributed by atoms with van der Waals surface area (Å²) in [5.74, 6) is 0.721. The highest BCUT2D eigenvalue weighted by Crippen LogP contribution is 2.31. The second-order valence-electron chi connectivity index (χ2n) is 5.53. The molecule has 1 aliphatic rings. The maximum Gasteiger partial charge on any atom is 0.233 e. The second kappa shape index (κ2) is 7.20. The van der Waals surface area contributed by atoms with E-state index in [1.54, 1.807) is 11.3 Å². The molecule has 6 heteroatoms. The van der Waals surface area contributed by atoms with Crippen LogP contribution in [0.1, 0.15) is 32.6 Å². The minimum Gasteiger partial charge on any atom is -0.339 e. The number of rotatable bonds is 4. The summed E-state index contributed by atoms with van der Waals surface area (Å²) in [6.45, 7) is 3.08. The van der Waals surface area contributed by atoms with Crippen molar-refractivity contribution in [3.8, 4) is 0 Å². The zero-order valence-corrected chi connectivity index (χ0v) is 14.9. The number of thiazole rings is 1. The highest BCUT2D eigenvalue weighted by atomic mass is 35.5. The summed E-state index contributed by atoms with van der Waals surface area (Å²) in [6, 6.07) is 6.16. The molecule has 0 spiro atoms. The highest BCUT2D eigenvalue weighted by molar-refractivity contribution is 8.01. The largest absolute Gasteiger partial charge is 0.339 e. The minimum absolute atomic E-state index is 0.244. The Morgan fingerprint density at radius 2 is 2.36 bits per heavy atom. The summed E-state index contributed by atoms with van der Waals surface area (Å²) in [6.07, 6.45) is 4.57. The van der Waals surface area contributed by atoms with E-state index in [1.165, 1.54) is 18.2 Å². The number of carbonyl (C=O) groups excluding carboxylic acids is 1. The number of hydrogen-bond donors (Lipinski definition) is 0. The fourth-order valence-corrected chi connectivity index (χ4v) is 5.00. The van der Waals surface area contributed by atoms with Crippen LogP contribution in [-0.4, -0.2) is 34.1 Å². The maximum atomic E-state index is 12.5. The molecule has 3 rings (SSSR count). The predicted octanol–water partition coefficient (Wildman–Crippen LogP) is 4.83. The van der Waals surface area contributed by atoms with Crippen LogP contribution in [0.3, 0.4) is 0 Å². The van der Waals surface area contributed by atoms with E-state index in [1.807, 2.05) is 18.2 Å². The lowest BCUT2D eigenvalue weighted by Gasteiger charge is -2.35. The molecule has 1 fully saturated rings. The summed E-state index contributed by atoms with van der Waals surface area (Å²) in [5.41, 5.74) is 0.914. The van der Waals surface area contributed by atoms with Crippen molar-refractivity contribution in [2.45, 2.75) is 43.0 Å². The Kier molecular flexibility index (Phi) is 5.26. The number of likely N-dealkylation sites (tertiary alicyclic amines) is 1. The molecule has 118 valence electrons. The van der Waals surface area contributed by atoms with Crippen molar-refractivity contribution in [2.75, 3.05) is 12.3 Å². The molecule has 0 aliphatic carbocycles. The van der Waals surface area contributed by atoms with Crippen molar-refractivity contribution in [3.05, 3.63) is 23.2 Å². The lowest BCUT2D eigenvalue weighted by atomic mass is 10.0. The fourth-order valence-electron chi connectivity index (χ4n) is 2.90. The van der Waals surface area contributed by atoms with Crippen LogP contribution in [0.25, 0.3) is 10.2 Å². The van der Waals surface area contributed by atoms with Crippen molar-refractivity contribution in [2.24, 2.45) is 0 Å². The molecule has 2 aromatic rings. The van der Waals surface area contributed by atoms with E-state index < -0.39 is 0 Å². The van der Waals surface area contributed by atoms with Gasteiger partial charge in [-0.25, -0.2) is 4.98 Å². The summed E-state index contributed by atoms with van der Waals surface area (Å²) in [5, 5.41) is 0.699. The van der Waals surface area contributed by atoms with Crippen molar-refractivity contribution in [1.82, 2.24) is 9.88 Å². The van der Waals surface area contributed by atoms with E-state index in [-0.39, 0.29) is 5.91 Å². The molecular formula is C16H19ClN2OS2. The molecule has 1 saturated heterocycles. The summed E-state index contributed by atoms with van der Waals surface area (Å²) < 4.78 is 2.06. The van der Waals surface area contributed by atoms with E-state index in [9.17, 15) is 4.79 Å². The van der Waals surface area contributed by atoms with Crippen molar-refractivity contribution >= 4 is 50.8 Å². The maximum absolute atomic E-state index is 12.5. The van der Waals surface area contributed by atoms with Crippen LogP contribution >= 0.6 is 34.7 Å². The van der Waals surface area contributed by atoms with Crippen LogP contribution < -0.4 is 0 Å². The topological polar surface area (TPSA) is 33.2 Å². The molecule has 22 heavy (non-hydrogen) atoms. The number of amides is 1. The average Bonchev–Trinajstić information content (AvgIpc) is 2.94. The fraction of sp³-hybridized carbons (Fsp3) is 0.500. The van der Waals surface area contributed by atoms with Crippen LogP contribution in [0.4, 0.5) is 0 Å². The number of carbonyl (C=O) groups is 1. The summed E-state index contributed by atoms with van der Waals surface area (Å²) in [4.78, 5) is 19.1. The summed E-state index contributed by atoms with van der Waals surface area (Å²) >= 11 is 9.15. The van der Waals surface area contributed by atoms with Gasteiger partial charge in [0.15, 0.2) is 4.34 Å². The van der Waals surface area contributed by atoms with Gasteiger partial charge in [-0.3, -0.25) is 4.79 Å². The van der Waals surface area contributed by atoms with E-state index >= 15 is 0 Å². The first kappa shape index (κ1) is 16.1. The predicted molar refractivity (Wildman–Crippen MR) is 95.0 cm³/mol. The minimum atomic E-state index is 0.244. The first-order chi connectivity index (χ1) is 10.7. The Hall–Kier alpha value is -0.780. The monoisotopic (exact) mass is 354 g/mol. The molecule has 0 bridgehead atoms. The Morgan fingerprint density at radius 3 is 3.18 bits per heavy atom. The Labute approximate surface area is 144 Å². The molecule has 1 aromatic heterocycles. The van der Waals surface area contributed by atoms with Gasteiger partial charge in [0.1, 0.15) is 0 Å². The van der Waals surface area contributed by atoms with E-state index in [2.05, 4.69) is 16.8 Å². The molecule has 0 N–H and O–H groups in total. The lowest BCUT2D eigenvalue weighted by Crippen LogP contribution is -2.44. The summed E-state index contributed by atoms with van der Waals surface area (Å²) in [7, 11) is 0. The number of benzene rings is 1. The third-order valence-corrected chi connectivity index (χ3v) is 6.47. The molecule has 3 nitrogen and oxygen atoms in total. The third-order valence-electron chi connectivity index (χ3n) is 4.07. The number of piperidine rings is 1. The van der Waals surface area contributed by atoms with E-state index in [0.717, 1.165) is 40.4 Å². The van der Waals surface area contributed by atoms with Crippen LogP contribution in [0.15, 0.2) is 22.5 Å². The van der Waals surface area contributed by atoms with Crippen LogP contribution in [0.5, 0.6) is 0 Å². The molecule has 0 unspecified atom stereocenters. The zero-order chi connectivity index (χ0) is 15.5. The number of nitrogens with zero attached hydrogens (tertiary/aromatic N) is 2. The standard InChI is InChI=1S/C16H19ClN2OS2/c1-2-12-5-3-4-8-19(12)15(20)10-21-16-18-13-9-11(17)6-7-14(13)22-16/h6-7,9,12H,2-5,8,10H2,1H3/t12-/m1/s1. The zero-order valence-electron chi connectivity index (χ0n) is 12.5. The van der Waals surface area contributed by atoms with Gasteiger partial charge >= 0.3 is 0 Å². The van der Waals surface area contributed by atoms with Crippen molar-refractivity contribution in [3.63, 3.8) is 0 Å². The molecule has 1 aliphatic heterocycles.